The van der Waals surface area contributed by atoms with Crippen molar-refractivity contribution in [1.82, 2.24) is 25.4 Å². The van der Waals surface area contributed by atoms with E-state index in [-0.39, 0.29) is 24.0 Å². The summed E-state index contributed by atoms with van der Waals surface area (Å²) in [6, 6.07) is 0. The summed E-state index contributed by atoms with van der Waals surface area (Å²) in [6.45, 7) is 9.73. The SMILES string of the molecule is CN=C(NCCCN1CCCN(C)CC1)NCc1ncc(C)s1.I. The Morgan fingerprint density at radius 2 is 2.12 bits per heavy atom. The van der Waals surface area contributed by atoms with Gasteiger partial charge in [0.15, 0.2) is 5.96 Å². The maximum absolute atomic E-state index is 4.36. The topological polar surface area (TPSA) is 55.8 Å². The first kappa shape index (κ1) is 21.6. The average molecular weight is 466 g/mol. The number of rotatable bonds is 6. The molecule has 2 heterocycles. The second kappa shape index (κ2) is 12.0. The van der Waals surface area contributed by atoms with Crippen LogP contribution in [0, 0.1) is 6.92 Å². The van der Waals surface area contributed by atoms with Crippen LogP contribution in [0.2, 0.25) is 0 Å². The van der Waals surface area contributed by atoms with E-state index in [2.05, 4.69) is 44.4 Å². The number of hydrogen-bond acceptors (Lipinski definition) is 5. The largest absolute Gasteiger partial charge is 0.356 e. The third-order valence-corrected chi connectivity index (χ3v) is 4.97. The van der Waals surface area contributed by atoms with Gasteiger partial charge < -0.3 is 20.4 Å². The van der Waals surface area contributed by atoms with Crippen molar-refractivity contribution in [2.75, 3.05) is 53.4 Å². The second-order valence-corrected chi connectivity index (χ2v) is 7.39. The molecule has 2 rings (SSSR count). The first-order valence-corrected chi connectivity index (χ1v) is 9.26. The van der Waals surface area contributed by atoms with Crippen molar-refractivity contribution >= 4 is 41.3 Å². The summed E-state index contributed by atoms with van der Waals surface area (Å²) >= 11 is 1.72. The maximum Gasteiger partial charge on any atom is 0.191 e. The minimum atomic E-state index is 0. The fourth-order valence-corrected chi connectivity index (χ4v) is 3.42. The van der Waals surface area contributed by atoms with Crippen LogP contribution in [-0.4, -0.2) is 74.1 Å². The zero-order chi connectivity index (χ0) is 16.5. The van der Waals surface area contributed by atoms with Gasteiger partial charge in [-0.1, -0.05) is 0 Å². The van der Waals surface area contributed by atoms with E-state index in [0.717, 1.165) is 37.0 Å². The summed E-state index contributed by atoms with van der Waals surface area (Å²) in [5.41, 5.74) is 0. The number of nitrogens with zero attached hydrogens (tertiary/aromatic N) is 4. The van der Waals surface area contributed by atoms with Crippen molar-refractivity contribution in [1.29, 1.82) is 0 Å². The van der Waals surface area contributed by atoms with Crippen LogP contribution in [0.5, 0.6) is 0 Å². The molecule has 0 spiro atoms. The Hall–Kier alpha value is -0.450. The average Bonchev–Trinajstić information content (AvgIpc) is 2.85. The zero-order valence-electron chi connectivity index (χ0n) is 15.0. The van der Waals surface area contributed by atoms with Crippen LogP contribution in [0.25, 0.3) is 0 Å². The molecule has 1 aromatic heterocycles. The van der Waals surface area contributed by atoms with Crippen LogP contribution in [0.3, 0.4) is 0 Å². The van der Waals surface area contributed by atoms with E-state index in [0.29, 0.717) is 0 Å². The van der Waals surface area contributed by atoms with Crippen LogP contribution in [0.4, 0.5) is 0 Å². The van der Waals surface area contributed by atoms with Gasteiger partial charge in [-0.3, -0.25) is 4.99 Å². The van der Waals surface area contributed by atoms with E-state index in [1.165, 1.54) is 37.5 Å². The van der Waals surface area contributed by atoms with Gasteiger partial charge in [0.25, 0.3) is 0 Å². The van der Waals surface area contributed by atoms with Gasteiger partial charge >= 0.3 is 0 Å². The molecular weight excluding hydrogens is 435 g/mol. The van der Waals surface area contributed by atoms with E-state index in [1.807, 2.05) is 13.2 Å². The quantitative estimate of drug-likeness (QED) is 0.290. The van der Waals surface area contributed by atoms with Crippen LogP contribution in [0.1, 0.15) is 22.7 Å². The van der Waals surface area contributed by atoms with Gasteiger partial charge in [-0.05, 0) is 46.4 Å². The highest BCUT2D eigenvalue weighted by atomic mass is 127. The van der Waals surface area contributed by atoms with Gasteiger partial charge in [-0.15, -0.1) is 35.3 Å². The highest BCUT2D eigenvalue weighted by molar-refractivity contribution is 14.0. The van der Waals surface area contributed by atoms with Crippen LogP contribution in [0.15, 0.2) is 11.2 Å². The molecule has 0 atom stereocenters. The summed E-state index contributed by atoms with van der Waals surface area (Å²) < 4.78 is 0. The van der Waals surface area contributed by atoms with Gasteiger partial charge in [0, 0.05) is 37.8 Å². The normalized spacial score (nSPS) is 17.2. The lowest BCUT2D eigenvalue weighted by Crippen LogP contribution is -2.38. The Kier molecular flexibility index (Phi) is 10.8. The van der Waals surface area contributed by atoms with E-state index < -0.39 is 0 Å². The molecular formula is C16H31IN6S. The van der Waals surface area contributed by atoms with Crippen LogP contribution >= 0.6 is 35.3 Å². The number of guanidine groups is 1. The molecule has 0 amide bonds. The number of aromatic nitrogens is 1. The Morgan fingerprint density at radius 3 is 2.83 bits per heavy atom. The van der Waals surface area contributed by atoms with Gasteiger partial charge in [0.2, 0.25) is 0 Å². The fraction of sp³-hybridized carbons (Fsp3) is 0.750. The van der Waals surface area contributed by atoms with Crippen molar-refractivity contribution < 1.29 is 0 Å². The molecule has 8 heteroatoms. The van der Waals surface area contributed by atoms with Gasteiger partial charge in [0.1, 0.15) is 5.01 Å². The van der Waals surface area contributed by atoms with Crippen molar-refractivity contribution in [2.24, 2.45) is 4.99 Å². The smallest absolute Gasteiger partial charge is 0.191 e. The molecule has 1 aliphatic rings. The summed E-state index contributed by atoms with van der Waals surface area (Å²) in [6.07, 6.45) is 4.33. The van der Waals surface area contributed by atoms with E-state index in [4.69, 9.17) is 0 Å². The number of halogens is 1. The van der Waals surface area contributed by atoms with Crippen molar-refractivity contribution in [2.45, 2.75) is 26.3 Å². The molecule has 1 aromatic rings. The number of aliphatic imine (C=N–C) groups is 1. The summed E-state index contributed by atoms with van der Waals surface area (Å²) in [5.74, 6) is 0.855. The number of thiazole rings is 1. The molecule has 0 bridgehead atoms. The summed E-state index contributed by atoms with van der Waals surface area (Å²) in [4.78, 5) is 14.9. The summed E-state index contributed by atoms with van der Waals surface area (Å²) in [7, 11) is 4.03. The standard InChI is InChI=1S/C16H30N6S.HI/c1-14-12-19-15(23-14)13-20-16(17-2)18-6-4-8-22-9-5-7-21(3)10-11-22;/h12H,4-11,13H2,1-3H3,(H2,17,18,20);1H. The first-order chi connectivity index (χ1) is 11.2. The molecule has 6 nitrogen and oxygen atoms in total. The third kappa shape index (κ3) is 8.09. The third-order valence-electron chi connectivity index (χ3n) is 4.06. The fourth-order valence-electron chi connectivity index (χ4n) is 2.70. The molecule has 1 saturated heterocycles. The van der Waals surface area contributed by atoms with Crippen molar-refractivity contribution in [3.63, 3.8) is 0 Å². The Morgan fingerprint density at radius 1 is 1.29 bits per heavy atom. The predicted octanol–water partition coefficient (Wildman–Crippen LogP) is 1.76. The van der Waals surface area contributed by atoms with Crippen molar-refractivity contribution in [3.8, 4) is 0 Å². The molecule has 2 N–H and O–H groups in total. The molecule has 0 unspecified atom stereocenters. The minimum Gasteiger partial charge on any atom is -0.356 e. The lowest BCUT2D eigenvalue weighted by molar-refractivity contribution is 0.274. The molecule has 1 fully saturated rings. The molecule has 0 aliphatic carbocycles. The van der Waals surface area contributed by atoms with Crippen LogP contribution in [-0.2, 0) is 6.54 Å². The molecule has 0 aromatic carbocycles. The Labute approximate surface area is 167 Å². The molecule has 1 aliphatic heterocycles. The summed E-state index contributed by atoms with van der Waals surface area (Å²) in [5, 5.41) is 7.81. The maximum atomic E-state index is 4.36. The Bertz CT molecular complexity index is 493. The Balaban J connectivity index is 0.00000288. The van der Waals surface area contributed by atoms with Crippen LogP contribution < -0.4 is 10.6 Å². The van der Waals surface area contributed by atoms with E-state index in [9.17, 15) is 0 Å². The van der Waals surface area contributed by atoms with E-state index >= 15 is 0 Å². The van der Waals surface area contributed by atoms with Gasteiger partial charge in [-0.25, -0.2) is 4.98 Å². The monoisotopic (exact) mass is 466 g/mol. The molecule has 24 heavy (non-hydrogen) atoms. The minimum absolute atomic E-state index is 0. The van der Waals surface area contributed by atoms with Crippen molar-refractivity contribution in [3.05, 3.63) is 16.1 Å². The van der Waals surface area contributed by atoms with Gasteiger partial charge in [0.05, 0.1) is 6.54 Å². The van der Waals surface area contributed by atoms with Gasteiger partial charge in [-0.2, -0.15) is 0 Å². The molecule has 0 radical (unpaired) electrons. The second-order valence-electron chi connectivity index (χ2n) is 6.07. The highest BCUT2D eigenvalue weighted by Crippen LogP contribution is 2.10. The number of likely N-dealkylation sites (N-methyl/N-ethyl adjacent to an activating group) is 1. The first-order valence-electron chi connectivity index (χ1n) is 8.44. The number of nitrogens with one attached hydrogen (secondary N) is 2. The number of aryl methyl sites for hydroxylation is 1. The molecule has 0 saturated carbocycles. The lowest BCUT2D eigenvalue weighted by Gasteiger charge is -2.20. The number of hydrogen-bond donors (Lipinski definition) is 2. The highest BCUT2D eigenvalue weighted by Gasteiger charge is 2.11. The zero-order valence-corrected chi connectivity index (χ0v) is 18.2. The molecule has 138 valence electrons. The predicted molar refractivity (Wildman–Crippen MR) is 114 cm³/mol. The van der Waals surface area contributed by atoms with E-state index in [1.54, 1.807) is 11.3 Å². The lowest BCUT2D eigenvalue weighted by atomic mass is 10.3.